The van der Waals surface area contributed by atoms with Gasteiger partial charge in [-0.3, -0.25) is 0 Å². The summed E-state index contributed by atoms with van der Waals surface area (Å²) in [5.41, 5.74) is 1.49. The van der Waals surface area contributed by atoms with Crippen LogP contribution in [0.2, 0.25) is 0 Å². The smallest absolute Gasteiger partial charge is 0.156 e. The van der Waals surface area contributed by atoms with E-state index >= 15 is 0 Å². The molecule has 0 aliphatic carbocycles. The van der Waals surface area contributed by atoms with Gasteiger partial charge in [0.05, 0.1) is 11.1 Å². The van der Waals surface area contributed by atoms with Gasteiger partial charge in [-0.25, -0.2) is 9.97 Å². The zero-order valence-electron chi connectivity index (χ0n) is 9.20. The number of hydrogen-bond donors (Lipinski definition) is 0. The molecule has 0 saturated carbocycles. The van der Waals surface area contributed by atoms with E-state index in [1.807, 2.05) is 35.7 Å². The van der Waals surface area contributed by atoms with Gasteiger partial charge in [0.15, 0.2) is 4.34 Å². The van der Waals surface area contributed by atoms with E-state index in [0.717, 1.165) is 15.2 Å². The summed E-state index contributed by atoms with van der Waals surface area (Å²) in [6, 6.07) is 11.9. The maximum atomic E-state index is 9.19. The molecule has 0 amide bonds. The lowest BCUT2D eigenvalue weighted by Crippen LogP contribution is -1.88. The minimum absolute atomic E-state index is 0.592. The van der Waals surface area contributed by atoms with Crippen LogP contribution >= 0.6 is 23.1 Å². The molecule has 0 unspecified atom stereocenters. The van der Waals surface area contributed by atoms with Crippen molar-refractivity contribution in [2.24, 2.45) is 0 Å². The Kier molecular flexibility index (Phi) is 2.97. The second-order valence-electron chi connectivity index (χ2n) is 3.55. The number of pyridine rings is 1. The number of thiazole rings is 1. The van der Waals surface area contributed by atoms with Gasteiger partial charge >= 0.3 is 0 Å². The van der Waals surface area contributed by atoms with E-state index in [0.29, 0.717) is 10.6 Å². The van der Waals surface area contributed by atoms with Crippen LogP contribution in [0.4, 0.5) is 0 Å². The average Bonchev–Trinajstić information content (AvgIpc) is 2.91. The second kappa shape index (κ2) is 4.77. The highest BCUT2D eigenvalue weighted by Gasteiger charge is 2.09. The van der Waals surface area contributed by atoms with Gasteiger partial charge in [0.25, 0.3) is 0 Å². The molecule has 18 heavy (non-hydrogen) atoms. The lowest BCUT2D eigenvalue weighted by molar-refractivity contribution is 1.15. The Labute approximate surface area is 112 Å². The Morgan fingerprint density at radius 3 is 2.94 bits per heavy atom. The van der Waals surface area contributed by atoms with E-state index in [9.17, 15) is 5.26 Å². The van der Waals surface area contributed by atoms with E-state index in [4.69, 9.17) is 0 Å². The summed E-state index contributed by atoms with van der Waals surface area (Å²) in [5.74, 6) is 0. The minimum Gasteiger partial charge on any atom is -0.240 e. The molecule has 2 heterocycles. The summed E-state index contributed by atoms with van der Waals surface area (Å²) in [6.45, 7) is 0. The van der Waals surface area contributed by atoms with Crippen molar-refractivity contribution in [2.75, 3.05) is 0 Å². The molecular weight excluding hydrogens is 262 g/mol. The first-order valence-corrected chi connectivity index (χ1v) is 6.93. The SMILES string of the molecule is N#Cc1cc2ccccc2nc1Sc1nccs1. The van der Waals surface area contributed by atoms with Gasteiger partial charge in [0, 0.05) is 17.0 Å². The number of nitrogens with zero attached hydrogens (tertiary/aromatic N) is 3. The fraction of sp³-hybridized carbons (Fsp3) is 0. The standard InChI is InChI=1S/C13H7N3S2/c14-8-10-7-9-3-1-2-4-11(9)16-12(10)18-13-15-5-6-17-13/h1-7H. The highest BCUT2D eigenvalue weighted by atomic mass is 32.2. The van der Waals surface area contributed by atoms with Crippen molar-refractivity contribution in [2.45, 2.75) is 9.37 Å². The van der Waals surface area contributed by atoms with Crippen LogP contribution in [0, 0.1) is 11.3 Å². The highest BCUT2D eigenvalue weighted by Crippen LogP contribution is 2.31. The molecule has 3 nitrogen and oxygen atoms in total. The minimum atomic E-state index is 0.592. The number of aromatic nitrogens is 2. The molecule has 2 aromatic heterocycles. The predicted molar refractivity (Wildman–Crippen MR) is 72.7 cm³/mol. The first-order chi connectivity index (χ1) is 8.86. The number of fused-ring (bicyclic) bond motifs is 1. The number of hydrogen-bond acceptors (Lipinski definition) is 5. The molecule has 5 heteroatoms. The third-order valence-electron chi connectivity index (χ3n) is 2.40. The van der Waals surface area contributed by atoms with E-state index in [1.165, 1.54) is 11.8 Å². The molecule has 1 aromatic carbocycles. The Morgan fingerprint density at radius 2 is 2.17 bits per heavy atom. The van der Waals surface area contributed by atoms with Crippen molar-refractivity contribution >= 4 is 34.0 Å². The Morgan fingerprint density at radius 1 is 1.28 bits per heavy atom. The molecule has 0 spiro atoms. The Bertz CT molecular complexity index is 730. The summed E-state index contributed by atoms with van der Waals surface area (Å²) in [4.78, 5) is 8.73. The molecule has 0 fully saturated rings. The van der Waals surface area contributed by atoms with E-state index in [1.54, 1.807) is 17.5 Å². The summed E-state index contributed by atoms with van der Waals surface area (Å²) in [6.07, 6.45) is 1.75. The first-order valence-electron chi connectivity index (χ1n) is 5.24. The molecule has 0 aliphatic rings. The van der Waals surface area contributed by atoms with Gasteiger partial charge in [0.1, 0.15) is 11.1 Å². The molecular formula is C13H7N3S2. The number of rotatable bonds is 2. The van der Waals surface area contributed by atoms with Crippen molar-refractivity contribution in [1.29, 1.82) is 5.26 Å². The number of para-hydroxylation sites is 1. The molecule has 0 radical (unpaired) electrons. The topological polar surface area (TPSA) is 49.6 Å². The van der Waals surface area contributed by atoms with Crippen molar-refractivity contribution in [3.05, 3.63) is 47.5 Å². The predicted octanol–water partition coefficient (Wildman–Crippen LogP) is 3.71. The van der Waals surface area contributed by atoms with Crippen LogP contribution in [0.15, 0.2) is 51.3 Å². The summed E-state index contributed by atoms with van der Waals surface area (Å²) < 4.78 is 0.897. The summed E-state index contributed by atoms with van der Waals surface area (Å²) >= 11 is 2.98. The second-order valence-corrected chi connectivity index (χ2v) is 5.68. The fourth-order valence-electron chi connectivity index (χ4n) is 1.60. The lowest BCUT2D eigenvalue weighted by Gasteiger charge is -2.03. The van der Waals surface area contributed by atoms with Crippen LogP contribution in [0.25, 0.3) is 10.9 Å². The molecule has 0 atom stereocenters. The van der Waals surface area contributed by atoms with Crippen LogP contribution in [0.5, 0.6) is 0 Å². The third-order valence-corrected chi connectivity index (χ3v) is 4.29. The molecule has 3 aromatic rings. The Hall–Kier alpha value is -1.90. The maximum Gasteiger partial charge on any atom is 0.156 e. The van der Waals surface area contributed by atoms with Gasteiger partial charge in [-0.05, 0) is 23.9 Å². The zero-order valence-corrected chi connectivity index (χ0v) is 10.8. The van der Waals surface area contributed by atoms with Crippen LogP contribution in [0.1, 0.15) is 5.56 Å². The average molecular weight is 269 g/mol. The van der Waals surface area contributed by atoms with Crippen molar-refractivity contribution in [3.8, 4) is 6.07 Å². The van der Waals surface area contributed by atoms with Crippen LogP contribution in [-0.4, -0.2) is 9.97 Å². The van der Waals surface area contributed by atoms with Crippen molar-refractivity contribution in [1.82, 2.24) is 9.97 Å². The van der Waals surface area contributed by atoms with Crippen molar-refractivity contribution < 1.29 is 0 Å². The van der Waals surface area contributed by atoms with Crippen LogP contribution in [-0.2, 0) is 0 Å². The molecule has 0 bridgehead atoms. The van der Waals surface area contributed by atoms with E-state index in [-0.39, 0.29) is 0 Å². The van der Waals surface area contributed by atoms with Gasteiger partial charge in [0.2, 0.25) is 0 Å². The quantitative estimate of drug-likeness (QED) is 0.711. The molecule has 86 valence electrons. The Balaban J connectivity index is 2.12. The van der Waals surface area contributed by atoms with Crippen LogP contribution < -0.4 is 0 Å². The third kappa shape index (κ3) is 2.08. The summed E-state index contributed by atoms with van der Waals surface area (Å²) in [7, 11) is 0. The van der Waals surface area contributed by atoms with Gasteiger partial charge in [-0.1, -0.05) is 18.2 Å². The monoisotopic (exact) mass is 269 g/mol. The first kappa shape index (κ1) is 11.2. The largest absolute Gasteiger partial charge is 0.240 e. The maximum absolute atomic E-state index is 9.19. The van der Waals surface area contributed by atoms with E-state index in [2.05, 4.69) is 16.0 Å². The van der Waals surface area contributed by atoms with Gasteiger partial charge in [-0.2, -0.15) is 5.26 Å². The normalized spacial score (nSPS) is 10.4. The molecule has 0 saturated heterocycles. The fourth-order valence-corrected chi connectivity index (χ4v) is 3.19. The molecule has 0 N–H and O–H groups in total. The highest BCUT2D eigenvalue weighted by molar-refractivity contribution is 8.01. The van der Waals surface area contributed by atoms with Gasteiger partial charge in [-0.15, -0.1) is 11.3 Å². The van der Waals surface area contributed by atoms with Gasteiger partial charge < -0.3 is 0 Å². The lowest BCUT2D eigenvalue weighted by atomic mass is 10.2. The zero-order chi connectivity index (χ0) is 12.4. The number of nitriles is 1. The van der Waals surface area contributed by atoms with E-state index < -0.39 is 0 Å². The molecule has 3 rings (SSSR count). The molecule has 0 aliphatic heterocycles. The number of benzene rings is 1. The summed E-state index contributed by atoms with van der Waals surface area (Å²) in [5, 5.41) is 12.8. The van der Waals surface area contributed by atoms with Crippen LogP contribution in [0.3, 0.4) is 0 Å². The van der Waals surface area contributed by atoms with Crippen molar-refractivity contribution in [3.63, 3.8) is 0 Å².